The van der Waals surface area contributed by atoms with Crippen LogP contribution in [-0.4, -0.2) is 23.2 Å². The van der Waals surface area contributed by atoms with Crippen molar-refractivity contribution in [3.05, 3.63) is 35.9 Å². The predicted octanol–water partition coefficient (Wildman–Crippen LogP) is 2.00. The summed E-state index contributed by atoms with van der Waals surface area (Å²) >= 11 is 0. The topological polar surface area (TPSA) is 48.5 Å². The molecule has 0 saturated heterocycles. The molecule has 0 amide bonds. The average molecular weight is 204 g/mol. The molecule has 1 atom stereocenters. The van der Waals surface area contributed by atoms with Crippen molar-refractivity contribution in [3.63, 3.8) is 0 Å². The summed E-state index contributed by atoms with van der Waals surface area (Å²) < 4.78 is 1.80. The van der Waals surface area contributed by atoms with Crippen molar-refractivity contribution in [2.24, 2.45) is 5.28 Å². The fraction of sp³-hybridized carbons (Fsp3) is 0.364. The van der Waals surface area contributed by atoms with Gasteiger partial charge in [0.15, 0.2) is 11.3 Å². The molecule has 1 unspecified atom stereocenters. The van der Waals surface area contributed by atoms with E-state index in [0.29, 0.717) is 6.54 Å². The zero-order valence-corrected chi connectivity index (χ0v) is 8.68. The number of hydrogen-bond donors (Lipinski definition) is 1. The summed E-state index contributed by atoms with van der Waals surface area (Å²) in [5.41, 5.74) is 1.28. The Morgan fingerprint density at radius 1 is 1.47 bits per heavy atom. The van der Waals surface area contributed by atoms with Gasteiger partial charge in [-0.15, -0.1) is 0 Å². The molecular formula is C11H14N3O+. The van der Waals surface area contributed by atoms with E-state index in [0.717, 1.165) is 6.42 Å². The van der Waals surface area contributed by atoms with Crippen LogP contribution >= 0.6 is 0 Å². The van der Waals surface area contributed by atoms with Crippen molar-refractivity contribution < 1.29 is 9.53 Å². The van der Waals surface area contributed by atoms with Crippen molar-refractivity contribution in [1.29, 1.82) is 5.41 Å². The highest BCUT2D eigenvalue weighted by Gasteiger charge is 2.27. The van der Waals surface area contributed by atoms with Gasteiger partial charge in [0.05, 0.1) is 0 Å². The molecule has 1 aliphatic rings. The summed E-state index contributed by atoms with van der Waals surface area (Å²) in [5.74, 6) is 0.218. The Balaban J connectivity index is 1.98. The van der Waals surface area contributed by atoms with Crippen molar-refractivity contribution in [2.75, 3.05) is 6.54 Å². The summed E-state index contributed by atoms with van der Waals surface area (Å²) in [5, 5.41) is 11.1. The molecule has 0 radical (unpaired) electrons. The lowest BCUT2D eigenvalue weighted by atomic mass is 10.1. The smallest absolute Gasteiger partial charge is 0.285 e. The first kappa shape index (κ1) is 9.83. The second kappa shape index (κ2) is 4.21. The third-order valence-corrected chi connectivity index (χ3v) is 2.44. The summed E-state index contributed by atoms with van der Waals surface area (Å²) in [6.45, 7) is 2.56. The van der Waals surface area contributed by atoms with Gasteiger partial charge >= 0.3 is 0 Å². The molecule has 0 fully saturated rings. The molecule has 1 aliphatic heterocycles. The molecule has 0 aliphatic carbocycles. The van der Waals surface area contributed by atoms with Crippen LogP contribution in [-0.2, 0) is 11.3 Å². The summed E-state index contributed by atoms with van der Waals surface area (Å²) in [6.07, 6.45) is 0.918. The molecule has 0 bridgehead atoms. The molecule has 1 heterocycles. The molecule has 4 heteroatoms. The van der Waals surface area contributed by atoms with Crippen LogP contribution in [0.2, 0.25) is 0 Å². The molecule has 1 aromatic carbocycles. The molecule has 1 aromatic rings. The lowest BCUT2D eigenvalue weighted by molar-refractivity contribution is -0.616. The lowest BCUT2D eigenvalue weighted by Gasteiger charge is -2.03. The fourth-order valence-electron chi connectivity index (χ4n) is 1.60. The highest BCUT2D eigenvalue weighted by molar-refractivity contribution is 5.73. The second-order valence-corrected chi connectivity index (χ2v) is 3.73. The van der Waals surface area contributed by atoms with Crippen LogP contribution in [0.4, 0.5) is 0 Å². The predicted molar refractivity (Wildman–Crippen MR) is 56.0 cm³/mol. The first-order chi connectivity index (χ1) is 7.25. The Morgan fingerprint density at radius 3 is 2.80 bits per heavy atom. The minimum Gasteiger partial charge on any atom is -0.285 e. The SMILES string of the molecule is CC(Cc1ccccc1)[N+]1=NOC(=N)C1. The highest BCUT2D eigenvalue weighted by atomic mass is 16.7. The lowest BCUT2D eigenvalue weighted by Crippen LogP contribution is -2.24. The van der Waals surface area contributed by atoms with E-state index in [1.165, 1.54) is 5.56 Å². The number of nitrogens with one attached hydrogen (secondary N) is 1. The first-order valence-electron chi connectivity index (χ1n) is 5.01. The summed E-state index contributed by atoms with van der Waals surface area (Å²) in [6, 6.07) is 10.5. The number of hydrogen-bond acceptors (Lipinski definition) is 3. The monoisotopic (exact) mass is 204 g/mol. The van der Waals surface area contributed by atoms with Gasteiger partial charge in [-0.1, -0.05) is 35.0 Å². The minimum atomic E-state index is 0.218. The summed E-state index contributed by atoms with van der Waals surface area (Å²) in [4.78, 5) is 4.76. The molecule has 4 nitrogen and oxygen atoms in total. The Labute approximate surface area is 88.7 Å². The van der Waals surface area contributed by atoms with Crippen LogP contribution in [0.3, 0.4) is 0 Å². The zero-order chi connectivity index (χ0) is 10.7. The van der Waals surface area contributed by atoms with Gasteiger partial charge in [-0.25, -0.2) is 0 Å². The first-order valence-corrected chi connectivity index (χ1v) is 5.01. The maximum absolute atomic E-state index is 7.29. The average Bonchev–Trinajstić information content (AvgIpc) is 2.66. The van der Waals surface area contributed by atoms with E-state index in [2.05, 4.69) is 24.3 Å². The quantitative estimate of drug-likeness (QED) is 0.752. The molecule has 1 N–H and O–H groups in total. The van der Waals surface area contributed by atoms with Crippen LogP contribution < -0.4 is 0 Å². The third kappa shape index (κ3) is 2.40. The second-order valence-electron chi connectivity index (χ2n) is 3.73. The van der Waals surface area contributed by atoms with E-state index in [1.807, 2.05) is 18.2 Å². The highest BCUT2D eigenvalue weighted by Crippen LogP contribution is 2.08. The van der Waals surface area contributed by atoms with Gasteiger partial charge in [-0.3, -0.25) is 10.2 Å². The Kier molecular flexibility index (Phi) is 2.76. The van der Waals surface area contributed by atoms with Gasteiger partial charge < -0.3 is 0 Å². The van der Waals surface area contributed by atoms with Crippen LogP contribution in [0.1, 0.15) is 12.5 Å². The number of nitrogens with zero attached hydrogens (tertiary/aromatic N) is 2. The summed E-state index contributed by atoms with van der Waals surface area (Å²) in [7, 11) is 0. The maximum Gasteiger partial charge on any atom is 0.291 e. The molecule has 0 spiro atoms. The largest absolute Gasteiger partial charge is 0.291 e. The number of rotatable bonds is 3. The van der Waals surface area contributed by atoms with Gasteiger partial charge in [0.2, 0.25) is 6.54 Å². The van der Waals surface area contributed by atoms with E-state index < -0.39 is 0 Å². The molecular weight excluding hydrogens is 190 g/mol. The van der Waals surface area contributed by atoms with E-state index in [9.17, 15) is 0 Å². The van der Waals surface area contributed by atoms with Gasteiger partial charge in [0, 0.05) is 13.3 Å². The standard InChI is InChI=1S/C11H14N3O/c1-9(14-8-11(12)15-13-14)7-10-5-3-2-4-6-10/h2-6,9,12H,7-8H2,1H3/q+1. The van der Waals surface area contributed by atoms with Crippen molar-refractivity contribution in [3.8, 4) is 0 Å². The maximum atomic E-state index is 7.29. The van der Waals surface area contributed by atoms with E-state index >= 15 is 0 Å². The zero-order valence-electron chi connectivity index (χ0n) is 8.68. The molecule has 78 valence electrons. The Morgan fingerprint density at radius 2 is 2.20 bits per heavy atom. The normalized spacial score (nSPS) is 17.1. The molecule has 15 heavy (non-hydrogen) atoms. The van der Waals surface area contributed by atoms with Gasteiger partial charge in [-0.2, -0.15) is 0 Å². The van der Waals surface area contributed by atoms with E-state index in [4.69, 9.17) is 10.2 Å². The third-order valence-electron chi connectivity index (χ3n) is 2.44. The van der Waals surface area contributed by atoms with Crippen LogP contribution in [0.25, 0.3) is 0 Å². The molecule has 0 aromatic heterocycles. The minimum absolute atomic E-state index is 0.218. The van der Waals surface area contributed by atoms with Crippen LogP contribution in [0.5, 0.6) is 0 Å². The van der Waals surface area contributed by atoms with Gasteiger partial charge in [0.25, 0.3) is 5.90 Å². The van der Waals surface area contributed by atoms with Gasteiger partial charge in [-0.05, 0) is 5.56 Å². The molecule has 0 saturated carbocycles. The van der Waals surface area contributed by atoms with Crippen molar-refractivity contribution in [2.45, 2.75) is 19.4 Å². The van der Waals surface area contributed by atoms with Crippen LogP contribution in [0, 0.1) is 5.41 Å². The Hall–Kier alpha value is -1.71. The van der Waals surface area contributed by atoms with E-state index in [-0.39, 0.29) is 11.9 Å². The Bertz CT molecular complexity index is 386. The number of benzene rings is 1. The fourth-order valence-corrected chi connectivity index (χ4v) is 1.60. The van der Waals surface area contributed by atoms with Crippen molar-refractivity contribution >= 4 is 5.90 Å². The van der Waals surface area contributed by atoms with E-state index in [1.54, 1.807) is 4.70 Å². The van der Waals surface area contributed by atoms with Gasteiger partial charge in [0.1, 0.15) is 0 Å². The van der Waals surface area contributed by atoms with Crippen molar-refractivity contribution in [1.82, 2.24) is 0 Å². The van der Waals surface area contributed by atoms with Crippen LogP contribution in [0.15, 0.2) is 35.6 Å². The molecule has 2 rings (SSSR count).